The summed E-state index contributed by atoms with van der Waals surface area (Å²) in [7, 11) is 2.02. The van der Waals surface area contributed by atoms with Crippen molar-refractivity contribution in [1.82, 2.24) is 9.55 Å². The molecule has 15 heavy (non-hydrogen) atoms. The summed E-state index contributed by atoms with van der Waals surface area (Å²) in [5.74, 6) is 1.02. The maximum absolute atomic E-state index is 4.35. The summed E-state index contributed by atoms with van der Waals surface area (Å²) < 4.78 is 2.04. The van der Waals surface area contributed by atoms with E-state index in [1.165, 1.54) is 16.8 Å². The Hall–Kier alpha value is -1.77. The monoisotopic (exact) mass is 199 g/mol. The van der Waals surface area contributed by atoms with Crippen LogP contribution in [0.2, 0.25) is 0 Å². The third-order valence-electron chi connectivity index (χ3n) is 2.90. The van der Waals surface area contributed by atoms with Gasteiger partial charge >= 0.3 is 0 Å². The minimum atomic E-state index is 1.02. The molecule has 0 fully saturated rings. The highest BCUT2D eigenvalue weighted by molar-refractivity contribution is 5.67. The van der Waals surface area contributed by atoms with E-state index >= 15 is 0 Å². The summed E-state index contributed by atoms with van der Waals surface area (Å²) in [6.45, 7) is 1.05. The van der Waals surface area contributed by atoms with E-state index in [-0.39, 0.29) is 0 Å². The minimum Gasteiger partial charge on any atom is -0.384 e. The number of aryl methyl sites for hydroxylation is 1. The number of rotatable bonds is 1. The van der Waals surface area contributed by atoms with Crippen molar-refractivity contribution in [3.8, 4) is 11.4 Å². The third-order valence-corrected chi connectivity index (χ3v) is 2.90. The van der Waals surface area contributed by atoms with Crippen LogP contribution < -0.4 is 5.32 Å². The zero-order valence-electron chi connectivity index (χ0n) is 8.70. The van der Waals surface area contributed by atoms with Gasteiger partial charge in [0.15, 0.2) is 0 Å². The Morgan fingerprint density at radius 2 is 2.33 bits per heavy atom. The molecule has 0 radical (unpaired) electrons. The number of nitrogens with one attached hydrogen (secondary N) is 1. The molecule has 3 heteroatoms. The topological polar surface area (TPSA) is 29.9 Å². The van der Waals surface area contributed by atoms with Crippen molar-refractivity contribution in [2.24, 2.45) is 7.05 Å². The highest BCUT2D eigenvalue weighted by Gasteiger charge is 2.11. The highest BCUT2D eigenvalue weighted by Crippen LogP contribution is 2.27. The van der Waals surface area contributed by atoms with E-state index in [1.807, 2.05) is 24.0 Å². The Balaban J connectivity index is 2.11. The fourth-order valence-electron chi connectivity index (χ4n) is 2.07. The predicted molar refractivity (Wildman–Crippen MR) is 60.8 cm³/mol. The van der Waals surface area contributed by atoms with E-state index in [1.54, 1.807) is 0 Å². The first-order valence-electron chi connectivity index (χ1n) is 5.19. The number of hydrogen-bond acceptors (Lipinski definition) is 2. The van der Waals surface area contributed by atoms with Crippen molar-refractivity contribution >= 4 is 5.69 Å². The van der Waals surface area contributed by atoms with Gasteiger partial charge in [-0.1, -0.05) is 12.1 Å². The molecule has 0 saturated carbocycles. The van der Waals surface area contributed by atoms with Gasteiger partial charge in [-0.25, -0.2) is 4.98 Å². The SMILES string of the molecule is Cn1ccnc1-c1ccc2c(c1)NCC2. The van der Waals surface area contributed by atoms with Crippen LogP contribution in [0.25, 0.3) is 11.4 Å². The summed E-state index contributed by atoms with van der Waals surface area (Å²) >= 11 is 0. The summed E-state index contributed by atoms with van der Waals surface area (Å²) in [5.41, 5.74) is 3.85. The number of hydrogen-bond donors (Lipinski definition) is 1. The zero-order valence-corrected chi connectivity index (χ0v) is 8.70. The van der Waals surface area contributed by atoms with Crippen molar-refractivity contribution in [3.05, 3.63) is 36.2 Å². The van der Waals surface area contributed by atoms with Crippen LogP contribution in [0.4, 0.5) is 5.69 Å². The lowest BCUT2D eigenvalue weighted by Crippen LogP contribution is -1.93. The molecule has 76 valence electrons. The molecule has 0 aliphatic carbocycles. The fraction of sp³-hybridized carbons (Fsp3) is 0.250. The van der Waals surface area contributed by atoms with Crippen LogP contribution in [-0.2, 0) is 13.5 Å². The van der Waals surface area contributed by atoms with Crippen LogP contribution >= 0.6 is 0 Å². The van der Waals surface area contributed by atoms with Crippen LogP contribution in [-0.4, -0.2) is 16.1 Å². The number of imidazole rings is 1. The minimum absolute atomic E-state index is 1.02. The molecule has 0 atom stereocenters. The van der Waals surface area contributed by atoms with Crippen molar-refractivity contribution < 1.29 is 0 Å². The molecule has 1 aliphatic heterocycles. The van der Waals surface area contributed by atoms with E-state index in [0.29, 0.717) is 0 Å². The van der Waals surface area contributed by atoms with Crippen molar-refractivity contribution in [3.63, 3.8) is 0 Å². The van der Waals surface area contributed by atoms with Crippen LogP contribution in [0.5, 0.6) is 0 Å². The second-order valence-corrected chi connectivity index (χ2v) is 3.91. The first-order valence-corrected chi connectivity index (χ1v) is 5.19. The van der Waals surface area contributed by atoms with Gasteiger partial charge in [-0.3, -0.25) is 0 Å². The first kappa shape index (κ1) is 8.53. The van der Waals surface area contributed by atoms with Gasteiger partial charge in [0.05, 0.1) is 0 Å². The average molecular weight is 199 g/mol. The van der Waals surface area contributed by atoms with Crippen LogP contribution in [0.3, 0.4) is 0 Å². The number of anilines is 1. The quantitative estimate of drug-likeness (QED) is 0.761. The molecule has 3 rings (SSSR count). The molecule has 0 spiro atoms. The Kier molecular flexibility index (Phi) is 1.78. The zero-order chi connectivity index (χ0) is 10.3. The summed E-state index contributed by atoms with van der Waals surface area (Å²) in [6, 6.07) is 6.53. The molecule has 1 aliphatic rings. The molecular weight excluding hydrogens is 186 g/mol. The van der Waals surface area contributed by atoms with Crippen molar-refractivity contribution in [2.45, 2.75) is 6.42 Å². The molecule has 1 N–H and O–H groups in total. The molecule has 2 heterocycles. The van der Waals surface area contributed by atoms with Gasteiger partial charge in [0, 0.05) is 37.2 Å². The lowest BCUT2D eigenvalue weighted by Gasteiger charge is -2.05. The van der Waals surface area contributed by atoms with Crippen LogP contribution in [0.1, 0.15) is 5.56 Å². The number of aromatic nitrogens is 2. The third kappa shape index (κ3) is 1.31. The standard InChI is InChI=1S/C12H13N3/c1-15-7-6-14-12(15)10-3-2-9-4-5-13-11(9)8-10/h2-3,6-8,13H,4-5H2,1H3. The number of fused-ring (bicyclic) bond motifs is 1. The lowest BCUT2D eigenvalue weighted by atomic mass is 10.1. The lowest BCUT2D eigenvalue weighted by molar-refractivity contribution is 0.925. The Bertz CT molecular complexity index is 499. The van der Waals surface area contributed by atoms with E-state index in [2.05, 4.69) is 28.5 Å². The maximum atomic E-state index is 4.35. The van der Waals surface area contributed by atoms with Crippen LogP contribution in [0.15, 0.2) is 30.6 Å². The second kappa shape index (κ2) is 3.12. The molecule has 1 aromatic heterocycles. The smallest absolute Gasteiger partial charge is 0.139 e. The van der Waals surface area contributed by atoms with E-state index < -0.39 is 0 Å². The number of nitrogens with zero attached hydrogens (tertiary/aromatic N) is 2. The predicted octanol–water partition coefficient (Wildman–Crippen LogP) is 2.06. The highest BCUT2D eigenvalue weighted by atomic mass is 15.0. The Morgan fingerprint density at radius 1 is 1.40 bits per heavy atom. The van der Waals surface area contributed by atoms with Gasteiger partial charge in [0.2, 0.25) is 0 Å². The average Bonchev–Trinajstić information content (AvgIpc) is 2.84. The number of benzene rings is 1. The molecule has 0 unspecified atom stereocenters. The Labute approximate surface area is 88.8 Å². The molecule has 2 aromatic rings. The van der Waals surface area contributed by atoms with Gasteiger partial charge in [-0.15, -0.1) is 0 Å². The summed E-state index contributed by atoms with van der Waals surface area (Å²) in [5, 5.41) is 3.38. The molecule has 3 nitrogen and oxygen atoms in total. The molecule has 0 saturated heterocycles. The fourth-order valence-corrected chi connectivity index (χ4v) is 2.07. The summed E-state index contributed by atoms with van der Waals surface area (Å²) in [6.07, 6.45) is 4.93. The van der Waals surface area contributed by atoms with E-state index in [4.69, 9.17) is 0 Å². The normalized spacial score (nSPS) is 13.7. The molecule has 0 bridgehead atoms. The maximum Gasteiger partial charge on any atom is 0.139 e. The molecule has 0 amide bonds. The van der Waals surface area contributed by atoms with Gasteiger partial charge in [-0.05, 0) is 18.1 Å². The largest absolute Gasteiger partial charge is 0.384 e. The van der Waals surface area contributed by atoms with Gasteiger partial charge in [0.25, 0.3) is 0 Å². The van der Waals surface area contributed by atoms with Crippen molar-refractivity contribution in [1.29, 1.82) is 0 Å². The second-order valence-electron chi connectivity index (χ2n) is 3.91. The van der Waals surface area contributed by atoms with Gasteiger partial charge in [0.1, 0.15) is 5.82 Å². The van der Waals surface area contributed by atoms with E-state index in [9.17, 15) is 0 Å². The van der Waals surface area contributed by atoms with Crippen molar-refractivity contribution in [2.75, 3.05) is 11.9 Å². The molecular formula is C12H13N3. The summed E-state index contributed by atoms with van der Waals surface area (Å²) in [4.78, 5) is 4.35. The van der Waals surface area contributed by atoms with Gasteiger partial charge in [-0.2, -0.15) is 0 Å². The first-order chi connectivity index (χ1) is 7.34. The van der Waals surface area contributed by atoms with Crippen LogP contribution in [0, 0.1) is 0 Å². The molecule has 1 aromatic carbocycles. The Morgan fingerprint density at radius 3 is 3.13 bits per heavy atom. The van der Waals surface area contributed by atoms with E-state index in [0.717, 1.165) is 18.8 Å². The van der Waals surface area contributed by atoms with Gasteiger partial charge < -0.3 is 9.88 Å².